The Morgan fingerprint density at radius 3 is 2.89 bits per heavy atom. The zero-order valence-electron chi connectivity index (χ0n) is 9.59. The molecule has 0 amide bonds. The van der Waals surface area contributed by atoms with Crippen molar-refractivity contribution in [2.75, 3.05) is 0 Å². The summed E-state index contributed by atoms with van der Waals surface area (Å²) in [6.45, 7) is 0. The lowest BCUT2D eigenvalue weighted by Crippen LogP contribution is -1.87. The molecule has 3 rings (SSSR count). The van der Waals surface area contributed by atoms with E-state index in [2.05, 4.69) is 23.2 Å². The van der Waals surface area contributed by atoms with Crippen LogP contribution in [-0.4, -0.2) is 4.98 Å². The maximum Gasteiger partial charge on any atom is 0.141 e. The molecule has 0 spiro atoms. The van der Waals surface area contributed by atoms with E-state index in [1.165, 1.54) is 0 Å². The summed E-state index contributed by atoms with van der Waals surface area (Å²) >= 11 is 0. The van der Waals surface area contributed by atoms with Crippen molar-refractivity contribution in [3.05, 3.63) is 66.4 Å². The van der Waals surface area contributed by atoms with Crippen LogP contribution in [0.4, 0.5) is 0 Å². The van der Waals surface area contributed by atoms with Gasteiger partial charge in [-0.05, 0) is 41.1 Å². The number of fused-ring (bicyclic) bond motifs is 1. The molecule has 1 heterocycles. The van der Waals surface area contributed by atoms with Crippen molar-refractivity contribution in [2.24, 2.45) is 0 Å². The number of benzene rings is 2. The van der Waals surface area contributed by atoms with Crippen LogP contribution in [0.3, 0.4) is 0 Å². The Labute approximate surface area is 105 Å². The highest BCUT2D eigenvalue weighted by atomic mass is 14.7. The van der Waals surface area contributed by atoms with Crippen LogP contribution in [0.25, 0.3) is 22.0 Å². The Kier molecular flexibility index (Phi) is 2.51. The van der Waals surface area contributed by atoms with Crippen molar-refractivity contribution in [1.82, 2.24) is 4.98 Å². The molecule has 2 nitrogen and oxygen atoms in total. The molecule has 0 aliphatic heterocycles. The van der Waals surface area contributed by atoms with Crippen molar-refractivity contribution in [2.45, 2.75) is 0 Å². The summed E-state index contributed by atoms with van der Waals surface area (Å²) in [5.41, 5.74) is 2.28. The minimum Gasteiger partial charge on any atom is -0.237 e. The van der Waals surface area contributed by atoms with E-state index >= 15 is 0 Å². The molecular weight excluding hydrogens is 220 g/mol. The van der Waals surface area contributed by atoms with Gasteiger partial charge in [0.2, 0.25) is 0 Å². The molecule has 0 unspecified atom stereocenters. The predicted octanol–water partition coefficient (Wildman–Crippen LogP) is 3.57. The summed E-state index contributed by atoms with van der Waals surface area (Å²) in [7, 11) is 0. The first-order chi connectivity index (χ1) is 8.86. The summed E-state index contributed by atoms with van der Waals surface area (Å²) in [5.74, 6) is 0. The SMILES string of the molecule is N#Cc1cccc(-c2ccc3c[c]ccc3c2)n1. The molecule has 0 N–H and O–H groups in total. The van der Waals surface area contributed by atoms with E-state index in [0.717, 1.165) is 22.0 Å². The predicted molar refractivity (Wildman–Crippen MR) is 70.7 cm³/mol. The second-order valence-corrected chi connectivity index (χ2v) is 4.01. The fraction of sp³-hybridized carbons (Fsp3) is 0. The molecule has 2 heteroatoms. The van der Waals surface area contributed by atoms with E-state index in [1.807, 2.05) is 42.5 Å². The second-order valence-electron chi connectivity index (χ2n) is 4.01. The summed E-state index contributed by atoms with van der Waals surface area (Å²) in [4.78, 5) is 4.30. The Morgan fingerprint density at radius 1 is 1.06 bits per heavy atom. The van der Waals surface area contributed by atoms with Gasteiger partial charge in [-0.1, -0.05) is 30.3 Å². The Bertz CT molecular complexity index is 754. The number of aromatic nitrogens is 1. The lowest BCUT2D eigenvalue weighted by Gasteiger charge is -2.03. The smallest absolute Gasteiger partial charge is 0.141 e. The van der Waals surface area contributed by atoms with Gasteiger partial charge in [0.05, 0.1) is 5.69 Å². The van der Waals surface area contributed by atoms with Crippen LogP contribution in [0, 0.1) is 17.4 Å². The van der Waals surface area contributed by atoms with Crippen LogP contribution in [0.1, 0.15) is 5.69 Å². The van der Waals surface area contributed by atoms with E-state index in [9.17, 15) is 0 Å². The van der Waals surface area contributed by atoms with Crippen LogP contribution >= 0.6 is 0 Å². The van der Waals surface area contributed by atoms with Crippen molar-refractivity contribution in [1.29, 1.82) is 5.26 Å². The minimum atomic E-state index is 0.439. The van der Waals surface area contributed by atoms with Gasteiger partial charge in [-0.2, -0.15) is 5.26 Å². The highest BCUT2D eigenvalue weighted by Gasteiger charge is 2.02. The maximum atomic E-state index is 8.86. The molecular formula is C16H9N2. The molecule has 0 atom stereocenters. The van der Waals surface area contributed by atoms with Crippen molar-refractivity contribution in [3.8, 4) is 17.3 Å². The van der Waals surface area contributed by atoms with Crippen molar-refractivity contribution >= 4 is 10.8 Å². The highest BCUT2D eigenvalue weighted by Crippen LogP contribution is 2.22. The van der Waals surface area contributed by atoms with E-state index in [1.54, 1.807) is 6.07 Å². The van der Waals surface area contributed by atoms with Crippen LogP contribution in [0.15, 0.2) is 54.6 Å². The van der Waals surface area contributed by atoms with Gasteiger partial charge >= 0.3 is 0 Å². The summed E-state index contributed by atoms with van der Waals surface area (Å²) in [6, 6.07) is 22.6. The topological polar surface area (TPSA) is 36.7 Å². The molecule has 1 radical (unpaired) electrons. The van der Waals surface area contributed by atoms with Crippen molar-refractivity contribution < 1.29 is 0 Å². The number of hydrogen-bond donors (Lipinski definition) is 0. The molecule has 0 saturated carbocycles. The molecule has 0 fully saturated rings. The molecule has 0 aliphatic carbocycles. The minimum absolute atomic E-state index is 0.439. The molecule has 83 valence electrons. The van der Waals surface area contributed by atoms with Crippen molar-refractivity contribution in [3.63, 3.8) is 0 Å². The Morgan fingerprint density at radius 2 is 2.00 bits per heavy atom. The van der Waals surface area contributed by atoms with Crippen LogP contribution in [-0.2, 0) is 0 Å². The lowest BCUT2D eigenvalue weighted by atomic mass is 10.0. The highest BCUT2D eigenvalue weighted by molar-refractivity contribution is 5.86. The molecule has 18 heavy (non-hydrogen) atoms. The normalized spacial score (nSPS) is 10.2. The number of rotatable bonds is 1. The quantitative estimate of drug-likeness (QED) is 0.639. The fourth-order valence-corrected chi connectivity index (χ4v) is 1.94. The Hall–Kier alpha value is -2.66. The Balaban J connectivity index is 2.16. The van der Waals surface area contributed by atoms with Crippen LogP contribution in [0.2, 0.25) is 0 Å². The number of hydrogen-bond acceptors (Lipinski definition) is 2. The maximum absolute atomic E-state index is 8.86. The van der Waals surface area contributed by atoms with Gasteiger partial charge in [0.25, 0.3) is 0 Å². The van der Waals surface area contributed by atoms with Gasteiger partial charge < -0.3 is 0 Å². The zero-order valence-corrected chi connectivity index (χ0v) is 9.59. The summed E-state index contributed by atoms with van der Waals surface area (Å²) < 4.78 is 0. The van der Waals surface area contributed by atoms with Gasteiger partial charge in [-0.15, -0.1) is 0 Å². The first-order valence-corrected chi connectivity index (χ1v) is 5.64. The molecule has 3 aromatic rings. The first-order valence-electron chi connectivity index (χ1n) is 5.64. The molecule has 2 aromatic carbocycles. The van der Waals surface area contributed by atoms with E-state index in [0.29, 0.717) is 5.69 Å². The van der Waals surface area contributed by atoms with Crippen LogP contribution < -0.4 is 0 Å². The average Bonchev–Trinajstić information content (AvgIpc) is 2.47. The van der Waals surface area contributed by atoms with Gasteiger partial charge in [-0.3, -0.25) is 0 Å². The first kappa shape index (κ1) is 10.5. The van der Waals surface area contributed by atoms with E-state index < -0.39 is 0 Å². The standard InChI is InChI=1S/C16H9N2/c17-11-15-6-3-7-16(18-15)14-9-8-12-4-1-2-5-13(12)10-14/h2-10H. The fourth-order valence-electron chi connectivity index (χ4n) is 1.94. The van der Waals surface area contributed by atoms with Gasteiger partial charge in [0.1, 0.15) is 11.8 Å². The van der Waals surface area contributed by atoms with Gasteiger partial charge in [-0.25, -0.2) is 4.98 Å². The number of nitrogens with zero attached hydrogens (tertiary/aromatic N) is 2. The monoisotopic (exact) mass is 229 g/mol. The summed E-state index contributed by atoms with van der Waals surface area (Å²) in [6.07, 6.45) is 0. The van der Waals surface area contributed by atoms with E-state index in [-0.39, 0.29) is 0 Å². The zero-order chi connectivity index (χ0) is 12.4. The largest absolute Gasteiger partial charge is 0.237 e. The molecule has 0 saturated heterocycles. The molecule has 1 aromatic heterocycles. The number of nitriles is 1. The molecule has 0 aliphatic rings. The lowest BCUT2D eigenvalue weighted by molar-refractivity contribution is 1.27. The third-order valence-corrected chi connectivity index (χ3v) is 2.84. The summed E-state index contributed by atoms with van der Waals surface area (Å²) in [5, 5.41) is 11.2. The average molecular weight is 229 g/mol. The van der Waals surface area contributed by atoms with Crippen LogP contribution in [0.5, 0.6) is 0 Å². The molecule has 0 bridgehead atoms. The van der Waals surface area contributed by atoms with Gasteiger partial charge in [0.15, 0.2) is 0 Å². The third kappa shape index (κ3) is 1.83. The van der Waals surface area contributed by atoms with E-state index in [4.69, 9.17) is 5.26 Å². The van der Waals surface area contributed by atoms with Gasteiger partial charge in [0, 0.05) is 5.56 Å². The second kappa shape index (κ2) is 4.31. The number of pyridine rings is 1. The third-order valence-electron chi connectivity index (χ3n) is 2.84.